The predicted molar refractivity (Wildman–Crippen MR) is 145 cm³/mol. The van der Waals surface area contributed by atoms with Gasteiger partial charge < -0.3 is 9.80 Å². The lowest BCUT2D eigenvalue weighted by atomic mass is 9.90. The van der Waals surface area contributed by atoms with E-state index in [1.807, 2.05) is 40.1 Å². The van der Waals surface area contributed by atoms with Crippen LogP contribution < -0.4 is 0 Å². The average Bonchev–Trinajstić information content (AvgIpc) is 3.37. The number of benzene rings is 2. The van der Waals surface area contributed by atoms with Crippen molar-refractivity contribution in [2.24, 2.45) is 0 Å². The lowest BCUT2D eigenvalue weighted by Gasteiger charge is -2.40. The van der Waals surface area contributed by atoms with Gasteiger partial charge >= 0.3 is 0 Å². The summed E-state index contributed by atoms with van der Waals surface area (Å²) in [6.07, 6.45) is 6.21. The van der Waals surface area contributed by atoms with E-state index in [1.54, 1.807) is 11.3 Å². The first kappa shape index (κ1) is 24.3. The summed E-state index contributed by atoms with van der Waals surface area (Å²) in [6.45, 7) is 2.92. The Bertz CT molecular complexity index is 1200. The molecule has 1 atom stereocenters. The number of hydrogen-bond donors (Lipinski definition) is 0. The van der Waals surface area contributed by atoms with E-state index < -0.39 is 0 Å². The molecule has 0 saturated heterocycles. The van der Waals surface area contributed by atoms with E-state index in [-0.39, 0.29) is 30.4 Å². The van der Waals surface area contributed by atoms with E-state index in [2.05, 4.69) is 52.5 Å². The highest BCUT2D eigenvalue weighted by Crippen LogP contribution is 2.39. The normalized spacial score (nSPS) is 18.2. The van der Waals surface area contributed by atoms with Gasteiger partial charge in [0.15, 0.2) is 0 Å². The van der Waals surface area contributed by atoms with Gasteiger partial charge in [-0.05, 0) is 78.6 Å². The van der Waals surface area contributed by atoms with Crippen molar-refractivity contribution in [3.8, 4) is 0 Å². The quantitative estimate of drug-likeness (QED) is 0.351. The number of halogens is 1. The van der Waals surface area contributed by atoms with E-state index in [0.29, 0.717) is 12.1 Å². The van der Waals surface area contributed by atoms with Gasteiger partial charge in [0.25, 0.3) is 5.91 Å². The molecule has 0 spiro atoms. The monoisotopic (exact) mass is 550 g/mol. The van der Waals surface area contributed by atoms with Crippen molar-refractivity contribution in [2.75, 3.05) is 13.1 Å². The standard InChI is InChI=1S/C29H31BrN2O2S/c1-20-7-5-6-10-24(20)28-25-16-18-35-26(25)15-17-31(28)27(33)19-32(23-8-3-2-4-9-23)29(34)21-11-13-22(30)14-12-21/h5-7,10-14,16,18,23,28H,2-4,8-9,15,17,19H2,1H3. The second-order valence-electron chi connectivity index (χ2n) is 9.63. The van der Waals surface area contributed by atoms with Gasteiger partial charge in [-0.25, -0.2) is 0 Å². The van der Waals surface area contributed by atoms with Crippen LogP contribution in [-0.2, 0) is 11.2 Å². The number of amides is 2. The lowest BCUT2D eigenvalue weighted by molar-refractivity contribution is -0.134. The molecule has 0 N–H and O–H groups in total. The van der Waals surface area contributed by atoms with Crippen molar-refractivity contribution in [3.05, 3.63) is 91.6 Å². The summed E-state index contributed by atoms with van der Waals surface area (Å²) in [7, 11) is 0. The van der Waals surface area contributed by atoms with E-state index in [0.717, 1.165) is 36.6 Å². The molecule has 3 aromatic rings. The van der Waals surface area contributed by atoms with Crippen molar-refractivity contribution >= 4 is 39.1 Å². The zero-order chi connectivity index (χ0) is 24.4. The summed E-state index contributed by atoms with van der Waals surface area (Å²) < 4.78 is 0.940. The van der Waals surface area contributed by atoms with E-state index in [1.165, 1.54) is 28.0 Å². The molecule has 0 bridgehead atoms. The van der Waals surface area contributed by atoms with Crippen LogP contribution in [0, 0.1) is 6.92 Å². The van der Waals surface area contributed by atoms with Crippen LogP contribution >= 0.6 is 27.3 Å². The fourth-order valence-corrected chi connectivity index (χ4v) is 6.74. The van der Waals surface area contributed by atoms with Gasteiger partial charge in [-0.3, -0.25) is 9.59 Å². The molecule has 1 aromatic heterocycles. The second-order valence-corrected chi connectivity index (χ2v) is 11.5. The van der Waals surface area contributed by atoms with Crippen molar-refractivity contribution in [3.63, 3.8) is 0 Å². The summed E-state index contributed by atoms with van der Waals surface area (Å²) in [5.74, 6) is -0.00967. The summed E-state index contributed by atoms with van der Waals surface area (Å²) >= 11 is 5.24. The van der Waals surface area contributed by atoms with Gasteiger partial charge in [-0.1, -0.05) is 59.5 Å². The fourth-order valence-electron chi connectivity index (χ4n) is 5.57. The molecule has 1 aliphatic heterocycles. The first-order chi connectivity index (χ1) is 17.0. The number of fused-ring (bicyclic) bond motifs is 1. The SMILES string of the molecule is Cc1ccccc1C1c2ccsc2CCN1C(=O)CN(C(=O)c1ccc(Br)cc1)C1CCCCC1. The van der Waals surface area contributed by atoms with Crippen LogP contribution in [0.1, 0.15) is 70.1 Å². The maximum Gasteiger partial charge on any atom is 0.254 e. The zero-order valence-electron chi connectivity index (χ0n) is 20.1. The molecular formula is C29H31BrN2O2S. The summed E-state index contributed by atoms with van der Waals surface area (Å²) in [6, 6.07) is 18.0. The molecule has 6 heteroatoms. The predicted octanol–water partition coefficient (Wildman–Crippen LogP) is 6.77. The maximum absolute atomic E-state index is 14.0. The minimum absolute atomic E-state index is 0.0335. The van der Waals surface area contributed by atoms with Gasteiger partial charge in [0.05, 0.1) is 6.04 Å². The molecule has 2 amide bonds. The van der Waals surface area contributed by atoms with Gasteiger partial charge in [-0.2, -0.15) is 0 Å². The fraction of sp³-hybridized carbons (Fsp3) is 0.379. The smallest absolute Gasteiger partial charge is 0.254 e. The first-order valence-corrected chi connectivity index (χ1v) is 14.2. The third kappa shape index (κ3) is 5.10. The molecule has 1 aliphatic carbocycles. The van der Waals surface area contributed by atoms with Crippen molar-refractivity contribution < 1.29 is 9.59 Å². The largest absolute Gasteiger partial charge is 0.330 e. The maximum atomic E-state index is 14.0. The van der Waals surface area contributed by atoms with Crippen LogP contribution in [0.3, 0.4) is 0 Å². The number of aryl methyl sites for hydroxylation is 1. The Morgan fingerprint density at radius 2 is 1.74 bits per heavy atom. The third-order valence-electron chi connectivity index (χ3n) is 7.44. The highest BCUT2D eigenvalue weighted by atomic mass is 79.9. The Labute approximate surface area is 220 Å². The van der Waals surface area contributed by atoms with Crippen LogP contribution in [0.4, 0.5) is 0 Å². The molecule has 2 aliphatic rings. The minimum atomic E-state index is -0.102. The van der Waals surface area contributed by atoms with Gasteiger partial charge in [-0.15, -0.1) is 11.3 Å². The first-order valence-electron chi connectivity index (χ1n) is 12.5. The van der Waals surface area contributed by atoms with Gasteiger partial charge in [0.2, 0.25) is 5.91 Å². The van der Waals surface area contributed by atoms with Crippen LogP contribution in [0.15, 0.2) is 64.5 Å². The molecular weight excluding hydrogens is 520 g/mol. The van der Waals surface area contributed by atoms with Crippen LogP contribution in [-0.4, -0.2) is 40.7 Å². The molecule has 5 rings (SSSR count). The topological polar surface area (TPSA) is 40.6 Å². The molecule has 35 heavy (non-hydrogen) atoms. The summed E-state index contributed by atoms with van der Waals surface area (Å²) in [5, 5.41) is 2.13. The Balaban J connectivity index is 1.46. The number of hydrogen-bond acceptors (Lipinski definition) is 3. The summed E-state index contributed by atoms with van der Waals surface area (Å²) in [4.78, 5) is 32.9. The van der Waals surface area contributed by atoms with Crippen LogP contribution in [0.2, 0.25) is 0 Å². The summed E-state index contributed by atoms with van der Waals surface area (Å²) in [5.41, 5.74) is 4.22. The second kappa shape index (κ2) is 10.7. The number of rotatable bonds is 5. The Kier molecular flexibility index (Phi) is 7.40. The van der Waals surface area contributed by atoms with Gasteiger partial charge in [0, 0.05) is 27.5 Å². The Morgan fingerprint density at radius 1 is 1.00 bits per heavy atom. The number of nitrogens with zero attached hydrogens (tertiary/aromatic N) is 2. The van der Waals surface area contributed by atoms with Crippen molar-refractivity contribution in [1.29, 1.82) is 0 Å². The minimum Gasteiger partial charge on any atom is -0.330 e. The molecule has 1 fully saturated rings. The molecule has 2 aromatic carbocycles. The average molecular weight is 552 g/mol. The lowest BCUT2D eigenvalue weighted by Crippen LogP contribution is -2.50. The highest BCUT2D eigenvalue weighted by molar-refractivity contribution is 9.10. The Morgan fingerprint density at radius 3 is 2.49 bits per heavy atom. The molecule has 4 nitrogen and oxygen atoms in total. The number of carbonyl (C=O) groups excluding carboxylic acids is 2. The van der Waals surface area contributed by atoms with E-state index in [4.69, 9.17) is 0 Å². The van der Waals surface area contributed by atoms with Crippen LogP contribution in [0.5, 0.6) is 0 Å². The molecule has 2 heterocycles. The van der Waals surface area contributed by atoms with Crippen LogP contribution in [0.25, 0.3) is 0 Å². The van der Waals surface area contributed by atoms with Gasteiger partial charge in [0.1, 0.15) is 6.54 Å². The van der Waals surface area contributed by atoms with Crippen molar-refractivity contribution in [2.45, 2.75) is 57.5 Å². The van der Waals surface area contributed by atoms with E-state index >= 15 is 0 Å². The van der Waals surface area contributed by atoms with E-state index in [9.17, 15) is 9.59 Å². The molecule has 1 saturated carbocycles. The highest BCUT2D eigenvalue weighted by Gasteiger charge is 2.36. The third-order valence-corrected chi connectivity index (χ3v) is 8.97. The zero-order valence-corrected chi connectivity index (χ0v) is 22.5. The number of thiophene rings is 1. The molecule has 182 valence electrons. The molecule has 1 unspecified atom stereocenters. The number of carbonyl (C=O) groups is 2. The Hall–Kier alpha value is -2.44. The molecule has 0 radical (unpaired) electrons. The van der Waals surface area contributed by atoms with Crippen molar-refractivity contribution in [1.82, 2.24) is 9.80 Å².